The van der Waals surface area contributed by atoms with Crippen LogP contribution in [0.4, 0.5) is 0 Å². The number of aliphatic hydroxyl groups is 1. The minimum Gasteiger partial charge on any atom is -0.472 e. The fourth-order valence-corrected chi connectivity index (χ4v) is 1.56. The molecule has 0 saturated heterocycles. The molecule has 0 spiro atoms. The number of hydrogen-bond acceptors (Lipinski definition) is 3. The summed E-state index contributed by atoms with van der Waals surface area (Å²) in [6, 6.07) is 2.03. The molecule has 0 aliphatic rings. The number of nitrogens with zero attached hydrogens (tertiary/aromatic N) is 2. The van der Waals surface area contributed by atoms with Crippen LogP contribution in [0.1, 0.15) is 37.3 Å². The SMILES string of the molecule is CC(C)n1cncc1C(O)c1ccoc1. The van der Waals surface area contributed by atoms with Crippen LogP contribution in [0.5, 0.6) is 0 Å². The summed E-state index contributed by atoms with van der Waals surface area (Å²) >= 11 is 0. The maximum absolute atomic E-state index is 10.1. The van der Waals surface area contributed by atoms with Gasteiger partial charge in [0.1, 0.15) is 6.10 Å². The summed E-state index contributed by atoms with van der Waals surface area (Å²) in [5.74, 6) is 0. The van der Waals surface area contributed by atoms with E-state index < -0.39 is 6.10 Å². The van der Waals surface area contributed by atoms with Gasteiger partial charge in [-0.15, -0.1) is 0 Å². The van der Waals surface area contributed by atoms with Crippen molar-refractivity contribution in [3.63, 3.8) is 0 Å². The van der Waals surface area contributed by atoms with Gasteiger partial charge in [0.25, 0.3) is 0 Å². The molecular weight excluding hydrogens is 192 g/mol. The van der Waals surface area contributed by atoms with E-state index in [1.54, 1.807) is 31.1 Å². The Balaban J connectivity index is 2.33. The van der Waals surface area contributed by atoms with Crippen molar-refractivity contribution >= 4 is 0 Å². The van der Waals surface area contributed by atoms with Crippen molar-refractivity contribution in [2.45, 2.75) is 26.0 Å². The largest absolute Gasteiger partial charge is 0.472 e. The molecule has 15 heavy (non-hydrogen) atoms. The fraction of sp³-hybridized carbons (Fsp3) is 0.364. The molecule has 80 valence electrons. The number of imidazole rings is 1. The maximum atomic E-state index is 10.1. The van der Waals surface area contributed by atoms with Crippen LogP contribution in [0.2, 0.25) is 0 Å². The highest BCUT2D eigenvalue weighted by Crippen LogP contribution is 2.23. The topological polar surface area (TPSA) is 51.2 Å². The highest BCUT2D eigenvalue weighted by molar-refractivity contribution is 5.20. The van der Waals surface area contributed by atoms with Crippen LogP contribution < -0.4 is 0 Å². The van der Waals surface area contributed by atoms with Crippen LogP contribution in [0.25, 0.3) is 0 Å². The van der Waals surface area contributed by atoms with Gasteiger partial charge in [-0.3, -0.25) is 0 Å². The predicted octanol–water partition coefficient (Wildman–Crippen LogP) is 2.14. The lowest BCUT2D eigenvalue weighted by atomic mass is 10.1. The number of furan rings is 1. The second-order valence-electron chi connectivity index (χ2n) is 3.78. The third-order valence-corrected chi connectivity index (χ3v) is 2.39. The second-order valence-corrected chi connectivity index (χ2v) is 3.78. The van der Waals surface area contributed by atoms with Gasteiger partial charge in [-0.2, -0.15) is 0 Å². The molecule has 1 unspecified atom stereocenters. The van der Waals surface area contributed by atoms with E-state index in [-0.39, 0.29) is 6.04 Å². The lowest BCUT2D eigenvalue weighted by Crippen LogP contribution is -2.09. The Hall–Kier alpha value is -1.55. The molecule has 0 amide bonds. The van der Waals surface area contributed by atoms with Crippen molar-refractivity contribution in [1.82, 2.24) is 9.55 Å². The molecule has 0 aliphatic carbocycles. The zero-order valence-corrected chi connectivity index (χ0v) is 8.79. The molecule has 2 aromatic heterocycles. The van der Waals surface area contributed by atoms with Gasteiger partial charge in [0.05, 0.1) is 30.7 Å². The maximum Gasteiger partial charge on any atom is 0.124 e. The monoisotopic (exact) mass is 206 g/mol. The first-order valence-corrected chi connectivity index (χ1v) is 4.92. The fourth-order valence-electron chi connectivity index (χ4n) is 1.56. The van der Waals surface area contributed by atoms with Crippen molar-refractivity contribution < 1.29 is 9.52 Å². The Morgan fingerprint density at radius 2 is 2.27 bits per heavy atom. The van der Waals surface area contributed by atoms with Crippen LogP contribution in [0.3, 0.4) is 0 Å². The summed E-state index contributed by atoms with van der Waals surface area (Å²) in [4.78, 5) is 4.05. The molecule has 1 N–H and O–H groups in total. The van der Waals surface area contributed by atoms with Gasteiger partial charge in [-0.05, 0) is 19.9 Å². The third kappa shape index (κ3) is 1.80. The molecular formula is C11H14N2O2. The van der Waals surface area contributed by atoms with E-state index in [0.29, 0.717) is 0 Å². The molecule has 0 aromatic carbocycles. The zero-order chi connectivity index (χ0) is 10.8. The highest BCUT2D eigenvalue weighted by Gasteiger charge is 2.17. The van der Waals surface area contributed by atoms with Crippen LogP contribution in [-0.2, 0) is 0 Å². The lowest BCUT2D eigenvalue weighted by molar-refractivity contribution is 0.207. The van der Waals surface area contributed by atoms with E-state index in [9.17, 15) is 5.11 Å². The average Bonchev–Trinajstić information content (AvgIpc) is 2.88. The molecule has 2 aromatic rings. The molecule has 1 atom stereocenters. The molecule has 4 heteroatoms. The summed E-state index contributed by atoms with van der Waals surface area (Å²) < 4.78 is 6.89. The van der Waals surface area contributed by atoms with E-state index in [4.69, 9.17) is 4.42 Å². The molecule has 2 rings (SSSR count). The smallest absolute Gasteiger partial charge is 0.124 e. The first kappa shape index (κ1) is 9.98. The van der Waals surface area contributed by atoms with E-state index >= 15 is 0 Å². The summed E-state index contributed by atoms with van der Waals surface area (Å²) in [5.41, 5.74) is 1.53. The number of aromatic nitrogens is 2. The van der Waals surface area contributed by atoms with Crippen LogP contribution in [0, 0.1) is 0 Å². The van der Waals surface area contributed by atoms with Crippen molar-refractivity contribution in [3.05, 3.63) is 42.4 Å². The normalized spacial score (nSPS) is 13.3. The van der Waals surface area contributed by atoms with E-state index in [2.05, 4.69) is 4.98 Å². The summed E-state index contributed by atoms with van der Waals surface area (Å²) in [7, 11) is 0. The van der Waals surface area contributed by atoms with E-state index in [1.165, 1.54) is 0 Å². The van der Waals surface area contributed by atoms with Crippen LogP contribution in [0.15, 0.2) is 35.5 Å². The van der Waals surface area contributed by atoms with Gasteiger partial charge in [0, 0.05) is 11.6 Å². The molecule has 0 aliphatic heterocycles. The first-order valence-electron chi connectivity index (χ1n) is 4.92. The molecule has 2 heterocycles. The Kier molecular flexibility index (Phi) is 2.60. The average molecular weight is 206 g/mol. The Morgan fingerprint density at radius 1 is 1.47 bits per heavy atom. The van der Waals surface area contributed by atoms with Gasteiger partial charge in [0.15, 0.2) is 0 Å². The Labute approximate surface area is 88.2 Å². The summed E-state index contributed by atoms with van der Waals surface area (Å²) in [5, 5.41) is 10.1. The number of hydrogen-bond donors (Lipinski definition) is 1. The van der Waals surface area contributed by atoms with Crippen LogP contribution in [-0.4, -0.2) is 14.7 Å². The molecule has 0 bridgehead atoms. The van der Waals surface area contributed by atoms with Crippen molar-refractivity contribution in [1.29, 1.82) is 0 Å². The van der Waals surface area contributed by atoms with Crippen LogP contribution >= 0.6 is 0 Å². The van der Waals surface area contributed by atoms with Gasteiger partial charge in [0.2, 0.25) is 0 Å². The van der Waals surface area contributed by atoms with Crippen molar-refractivity contribution in [2.24, 2.45) is 0 Å². The molecule has 0 radical (unpaired) electrons. The molecule has 0 saturated carbocycles. The van der Waals surface area contributed by atoms with Gasteiger partial charge < -0.3 is 14.1 Å². The second kappa shape index (κ2) is 3.90. The first-order chi connectivity index (χ1) is 7.20. The molecule has 4 nitrogen and oxygen atoms in total. The Bertz CT molecular complexity index is 417. The van der Waals surface area contributed by atoms with Gasteiger partial charge in [-0.1, -0.05) is 0 Å². The van der Waals surface area contributed by atoms with E-state index in [1.807, 2.05) is 18.4 Å². The Morgan fingerprint density at radius 3 is 2.87 bits per heavy atom. The summed E-state index contributed by atoms with van der Waals surface area (Å²) in [6.45, 7) is 4.10. The van der Waals surface area contributed by atoms with E-state index in [0.717, 1.165) is 11.3 Å². The van der Waals surface area contributed by atoms with Gasteiger partial charge >= 0.3 is 0 Å². The third-order valence-electron chi connectivity index (χ3n) is 2.39. The van der Waals surface area contributed by atoms with Crippen molar-refractivity contribution in [3.8, 4) is 0 Å². The molecule has 0 fully saturated rings. The standard InChI is InChI=1S/C11H14N2O2/c1-8(2)13-7-12-5-10(13)11(14)9-3-4-15-6-9/h3-8,11,14H,1-2H3. The van der Waals surface area contributed by atoms with Crippen molar-refractivity contribution in [2.75, 3.05) is 0 Å². The summed E-state index contributed by atoms with van der Waals surface area (Å²) in [6.07, 6.45) is 5.83. The number of rotatable bonds is 3. The minimum absolute atomic E-state index is 0.282. The predicted molar refractivity (Wildman–Crippen MR) is 55.4 cm³/mol. The minimum atomic E-state index is -0.673. The number of aliphatic hydroxyl groups excluding tert-OH is 1. The lowest BCUT2D eigenvalue weighted by Gasteiger charge is -2.15. The highest BCUT2D eigenvalue weighted by atomic mass is 16.3. The van der Waals surface area contributed by atoms with Gasteiger partial charge in [-0.25, -0.2) is 4.98 Å². The zero-order valence-electron chi connectivity index (χ0n) is 8.79. The quantitative estimate of drug-likeness (QED) is 0.837.